The third kappa shape index (κ3) is 5.11. The Morgan fingerprint density at radius 1 is 1.14 bits per heavy atom. The van der Waals surface area contributed by atoms with Crippen LogP contribution in [0.25, 0.3) is 21.4 Å². The second kappa shape index (κ2) is 10.0. The third-order valence-corrected chi connectivity index (χ3v) is 8.24. The summed E-state index contributed by atoms with van der Waals surface area (Å²) in [4.78, 5) is 34.4. The Morgan fingerprint density at radius 2 is 1.97 bits per heavy atom. The van der Waals surface area contributed by atoms with Crippen LogP contribution in [0.2, 0.25) is 0 Å². The Hall–Kier alpha value is -3.65. The van der Waals surface area contributed by atoms with Crippen molar-refractivity contribution < 1.29 is 18.7 Å². The largest absolute Gasteiger partial charge is 0.497 e. The minimum Gasteiger partial charge on any atom is -0.497 e. The van der Waals surface area contributed by atoms with Crippen LogP contribution in [0.5, 0.6) is 5.75 Å². The number of rotatable bonds is 10. The fourth-order valence-corrected chi connectivity index (χ4v) is 5.80. The van der Waals surface area contributed by atoms with Crippen LogP contribution >= 0.6 is 11.3 Å². The van der Waals surface area contributed by atoms with Crippen LogP contribution in [0.15, 0.2) is 59.2 Å². The van der Waals surface area contributed by atoms with Crippen LogP contribution in [-0.4, -0.2) is 48.4 Å². The predicted octanol–water partition coefficient (Wildman–Crippen LogP) is 5.72. The quantitative estimate of drug-likeness (QED) is 0.292. The first-order valence-electron chi connectivity index (χ1n) is 12.8. The number of hydrogen-bond acceptors (Lipinski definition) is 6. The van der Waals surface area contributed by atoms with E-state index in [0.717, 1.165) is 52.3 Å². The zero-order valence-corrected chi connectivity index (χ0v) is 21.6. The van der Waals surface area contributed by atoms with Crippen molar-refractivity contribution in [3.63, 3.8) is 0 Å². The van der Waals surface area contributed by atoms with Crippen LogP contribution in [-0.2, 0) is 0 Å². The fourth-order valence-electron chi connectivity index (χ4n) is 4.58. The molecule has 2 heterocycles. The highest BCUT2D eigenvalue weighted by Crippen LogP contribution is 2.45. The summed E-state index contributed by atoms with van der Waals surface area (Å²) in [6.07, 6.45) is 6.10. The van der Waals surface area contributed by atoms with Crippen LogP contribution in [0.4, 0.5) is 0 Å². The number of carbonyl (C=O) groups excluding carboxylic acids is 2. The lowest BCUT2D eigenvalue weighted by molar-refractivity contribution is 0.0736. The first-order valence-corrected chi connectivity index (χ1v) is 13.6. The second-order valence-corrected chi connectivity index (χ2v) is 10.9. The Bertz CT molecular complexity index is 1450. The Labute approximate surface area is 219 Å². The smallest absolute Gasteiger partial charge is 0.274 e. The van der Waals surface area contributed by atoms with Gasteiger partial charge in [0.1, 0.15) is 17.0 Å². The van der Waals surface area contributed by atoms with Gasteiger partial charge in [-0.2, -0.15) is 0 Å². The highest BCUT2D eigenvalue weighted by molar-refractivity contribution is 7.15. The van der Waals surface area contributed by atoms with Gasteiger partial charge in [-0.1, -0.05) is 18.2 Å². The second-order valence-electron chi connectivity index (χ2n) is 9.82. The van der Waals surface area contributed by atoms with Crippen molar-refractivity contribution in [1.82, 2.24) is 15.2 Å². The van der Waals surface area contributed by atoms with E-state index in [9.17, 15) is 9.59 Å². The molecule has 0 unspecified atom stereocenters. The molecule has 0 radical (unpaired) electrons. The summed E-state index contributed by atoms with van der Waals surface area (Å²) in [6.45, 7) is 1.47. The summed E-state index contributed by atoms with van der Waals surface area (Å²) < 4.78 is 10.8. The van der Waals surface area contributed by atoms with Gasteiger partial charge >= 0.3 is 0 Å². The zero-order valence-electron chi connectivity index (χ0n) is 20.7. The maximum absolute atomic E-state index is 13.9. The molecule has 8 heteroatoms. The summed E-state index contributed by atoms with van der Waals surface area (Å²) in [7, 11) is 1.64. The summed E-state index contributed by atoms with van der Waals surface area (Å²) in [6, 6.07) is 15.0. The van der Waals surface area contributed by atoms with Gasteiger partial charge in [-0.25, -0.2) is 4.98 Å². The van der Waals surface area contributed by atoms with Gasteiger partial charge in [-0.15, -0.1) is 11.3 Å². The topological polar surface area (TPSA) is 84.7 Å². The molecule has 2 fully saturated rings. The van der Waals surface area contributed by atoms with E-state index < -0.39 is 0 Å². The Balaban J connectivity index is 1.22. The third-order valence-electron chi connectivity index (χ3n) is 6.98. The van der Waals surface area contributed by atoms with E-state index in [-0.39, 0.29) is 11.8 Å². The molecule has 1 N–H and O–H groups in total. The number of benzene rings is 2. The van der Waals surface area contributed by atoms with Crippen LogP contribution in [0.1, 0.15) is 57.5 Å². The molecule has 7 nitrogen and oxygen atoms in total. The van der Waals surface area contributed by atoms with Crippen molar-refractivity contribution >= 4 is 34.1 Å². The van der Waals surface area contributed by atoms with Crippen molar-refractivity contribution in [2.75, 3.05) is 26.7 Å². The van der Waals surface area contributed by atoms with E-state index in [0.29, 0.717) is 48.3 Å². The van der Waals surface area contributed by atoms with Crippen LogP contribution in [0.3, 0.4) is 0 Å². The highest BCUT2D eigenvalue weighted by atomic mass is 32.1. The number of nitrogens with zero attached hydrogens (tertiary/aromatic N) is 2. The minimum absolute atomic E-state index is 0.0703. The molecule has 6 rings (SSSR count). The molecule has 2 aromatic heterocycles. The number of fused-ring (bicyclic) bond motifs is 1. The monoisotopic (exact) mass is 515 g/mol. The normalized spacial score (nSPS) is 15.1. The van der Waals surface area contributed by atoms with E-state index in [1.807, 2.05) is 41.3 Å². The average molecular weight is 516 g/mol. The van der Waals surface area contributed by atoms with Gasteiger partial charge < -0.3 is 19.4 Å². The van der Waals surface area contributed by atoms with Crippen molar-refractivity contribution in [1.29, 1.82) is 0 Å². The van der Waals surface area contributed by atoms with E-state index in [1.54, 1.807) is 36.8 Å². The van der Waals surface area contributed by atoms with Crippen molar-refractivity contribution in [3.05, 3.63) is 71.1 Å². The van der Waals surface area contributed by atoms with Crippen LogP contribution < -0.4 is 10.1 Å². The number of hydrogen-bond donors (Lipinski definition) is 1. The summed E-state index contributed by atoms with van der Waals surface area (Å²) >= 11 is 1.62. The van der Waals surface area contributed by atoms with Gasteiger partial charge in [0.05, 0.1) is 28.8 Å². The van der Waals surface area contributed by atoms with Gasteiger partial charge in [-0.3, -0.25) is 9.59 Å². The molecule has 0 aliphatic heterocycles. The SMILES string of the molecule is COc1cccc(-c2sc(C3CC3)nc2C(=O)N(CCNC(=O)c2cccc3occc23)CC2CC2)c1. The van der Waals surface area contributed by atoms with Crippen molar-refractivity contribution in [2.45, 2.75) is 31.6 Å². The number of thiazole rings is 1. The lowest BCUT2D eigenvalue weighted by atomic mass is 10.1. The molecule has 0 bridgehead atoms. The minimum atomic E-state index is -0.174. The van der Waals surface area contributed by atoms with Gasteiger partial charge in [-0.05, 0) is 67.5 Å². The molecule has 2 aromatic carbocycles. The predicted molar refractivity (Wildman–Crippen MR) is 143 cm³/mol. The number of furan rings is 1. The standard InChI is InChI=1S/C29H29N3O4S/c1-35-21-5-2-4-20(16-21)26-25(31-28(37-26)19-10-11-19)29(34)32(17-18-8-9-18)14-13-30-27(33)23-6-3-7-24-22(23)12-15-36-24/h2-7,12,15-16,18-19H,8-11,13-14,17H2,1H3,(H,30,33). The fraction of sp³-hybridized carbons (Fsp3) is 0.345. The number of aromatic nitrogens is 1. The van der Waals surface area contributed by atoms with Gasteiger partial charge in [0, 0.05) is 30.9 Å². The number of ether oxygens (including phenoxy) is 1. The molecule has 2 aliphatic carbocycles. The van der Waals surface area contributed by atoms with Gasteiger partial charge in [0.25, 0.3) is 11.8 Å². The Morgan fingerprint density at radius 3 is 2.76 bits per heavy atom. The molecule has 2 aliphatic rings. The number of carbonyl (C=O) groups is 2. The molecule has 37 heavy (non-hydrogen) atoms. The lowest BCUT2D eigenvalue weighted by Gasteiger charge is -2.22. The molecule has 2 saturated carbocycles. The summed E-state index contributed by atoms with van der Waals surface area (Å²) in [5, 5.41) is 4.81. The highest BCUT2D eigenvalue weighted by Gasteiger charge is 2.33. The molecule has 0 saturated heterocycles. The number of amides is 2. The van der Waals surface area contributed by atoms with E-state index in [4.69, 9.17) is 14.1 Å². The molecular formula is C29H29N3O4S. The first-order chi connectivity index (χ1) is 18.1. The van der Waals surface area contributed by atoms with Gasteiger partial charge in [0.15, 0.2) is 0 Å². The van der Waals surface area contributed by atoms with E-state index >= 15 is 0 Å². The zero-order chi connectivity index (χ0) is 25.4. The molecule has 0 spiro atoms. The lowest BCUT2D eigenvalue weighted by Crippen LogP contribution is -2.40. The molecule has 190 valence electrons. The van der Waals surface area contributed by atoms with Gasteiger partial charge in [0.2, 0.25) is 0 Å². The molecule has 0 atom stereocenters. The van der Waals surface area contributed by atoms with Crippen molar-refractivity contribution in [3.8, 4) is 16.2 Å². The molecule has 4 aromatic rings. The summed E-state index contributed by atoms with van der Waals surface area (Å²) in [5.41, 5.74) is 2.70. The molecular weight excluding hydrogens is 486 g/mol. The molecule has 2 amide bonds. The summed E-state index contributed by atoms with van der Waals surface area (Å²) in [5.74, 6) is 1.48. The van der Waals surface area contributed by atoms with Crippen LogP contribution in [0, 0.1) is 5.92 Å². The number of nitrogens with one attached hydrogen (secondary N) is 1. The number of methoxy groups -OCH3 is 1. The van der Waals surface area contributed by atoms with Crippen molar-refractivity contribution in [2.24, 2.45) is 5.92 Å². The first kappa shape index (κ1) is 23.7. The average Bonchev–Trinajstić information content (AvgIpc) is 3.85. The maximum Gasteiger partial charge on any atom is 0.274 e. The maximum atomic E-state index is 13.9. The Kier molecular flexibility index (Phi) is 6.42. The van der Waals surface area contributed by atoms with E-state index in [1.165, 1.54) is 0 Å². The van der Waals surface area contributed by atoms with E-state index in [2.05, 4.69) is 5.32 Å².